The van der Waals surface area contributed by atoms with Gasteiger partial charge in [0, 0.05) is 31.1 Å². The Kier molecular flexibility index (Phi) is 4.92. The third-order valence-corrected chi connectivity index (χ3v) is 5.26. The van der Waals surface area contributed by atoms with Gasteiger partial charge in [-0.1, -0.05) is 16.8 Å². The molecule has 3 aromatic heterocycles. The highest BCUT2D eigenvalue weighted by Gasteiger charge is 2.38. The van der Waals surface area contributed by atoms with Gasteiger partial charge in [0.05, 0.1) is 22.3 Å². The molecule has 8 nitrogen and oxygen atoms in total. The topological polar surface area (TPSA) is 89.7 Å². The molecule has 156 valence electrons. The van der Waals surface area contributed by atoms with E-state index in [1.807, 2.05) is 6.92 Å². The van der Waals surface area contributed by atoms with Gasteiger partial charge in [-0.2, -0.15) is 17.9 Å². The largest absolute Gasteiger partial charge is 0.417 e. The van der Waals surface area contributed by atoms with E-state index in [1.165, 1.54) is 9.58 Å². The van der Waals surface area contributed by atoms with Gasteiger partial charge >= 0.3 is 6.18 Å². The average Bonchev–Trinajstić information content (AvgIpc) is 3.12. The molecule has 0 fully saturated rings. The predicted octanol–water partition coefficient (Wildman–Crippen LogP) is 3.19. The maximum absolute atomic E-state index is 13.1. The highest BCUT2D eigenvalue weighted by molar-refractivity contribution is 6.34. The van der Waals surface area contributed by atoms with Gasteiger partial charge in [0.15, 0.2) is 0 Å². The van der Waals surface area contributed by atoms with Crippen molar-refractivity contribution >= 4 is 17.5 Å². The van der Waals surface area contributed by atoms with E-state index in [4.69, 9.17) is 11.6 Å². The standard InChI is InChI=1S/C18H15ClF3N7O/c1-9-3-6-24-17(25-9)29-12-5-8-28(10(2)14(12)26-27-29)16(30)15-13(19)11(4-7-23-15)18(20,21)22/h3-4,6-7,10H,5,8H2,1-2H3. The Hall–Kier alpha value is -3.08. The maximum Gasteiger partial charge on any atom is 0.417 e. The van der Waals surface area contributed by atoms with Crippen LogP contribution in [0.3, 0.4) is 0 Å². The number of carbonyl (C=O) groups is 1. The molecule has 0 spiro atoms. The van der Waals surface area contributed by atoms with Crippen LogP contribution >= 0.6 is 11.6 Å². The fourth-order valence-corrected chi connectivity index (χ4v) is 3.66. The van der Waals surface area contributed by atoms with Crippen molar-refractivity contribution < 1.29 is 18.0 Å². The number of fused-ring (bicyclic) bond motifs is 1. The van der Waals surface area contributed by atoms with Crippen LogP contribution in [-0.4, -0.2) is 47.3 Å². The maximum atomic E-state index is 13.1. The van der Waals surface area contributed by atoms with Crippen molar-refractivity contribution in [2.24, 2.45) is 0 Å². The first-order valence-corrected chi connectivity index (χ1v) is 9.33. The summed E-state index contributed by atoms with van der Waals surface area (Å²) in [7, 11) is 0. The fraction of sp³-hybridized carbons (Fsp3) is 0.333. The first-order valence-electron chi connectivity index (χ1n) is 8.95. The number of halogens is 4. The summed E-state index contributed by atoms with van der Waals surface area (Å²) < 4.78 is 40.9. The summed E-state index contributed by atoms with van der Waals surface area (Å²) in [6.45, 7) is 3.76. The average molecular weight is 438 g/mol. The van der Waals surface area contributed by atoms with Crippen LogP contribution < -0.4 is 0 Å². The smallest absolute Gasteiger partial charge is 0.328 e. The zero-order valence-electron chi connectivity index (χ0n) is 15.9. The van der Waals surface area contributed by atoms with Crippen molar-refractivity contribution in [2.45, 2.75) is 32.5 Å². The number of nitrogens with zero attached hydrogens (tertiary/aromatic N) is 7. The third-order valence-electron chi connectivity index (χ3n) is 4.88. The molecule has 1 aliphatic heterocycles. The van der Waals surface area contributed by atoms with E-state index in [9.17, 15) is 18.0 Å². The van der Waals surface area contributed by atoms with Crippen molar-refractivity contribution in [2.75, 3.05) is 6.54 Å². The molecule has 0 aliphatic carbocycles. The molecule has 4 heterocycles. The van der Waals surface area contributed by atoms with Gasteiger partial charge in [-0.25, -0.2) is 15.0 Å². The van der Waals surface area contributed by atoms with E-state index in [0.29, 0.717) is 18.1 Å². The Morgan fingerprint density at radius 2 is 1.97 bits per heavy atom. The third kappa shape index (κ3) is 3.38. The van der Waals surface area contributed by atoms with E-state index in [-0.39, 0.29) is 6.54 Å². The number of alkyl halides is 3. The van der Waals surface area contributed by atoms with Crippen LogP contribution in [0.4, 0.5) is 13.2 Å². The van der Waals surface area contributed by atoms with Crippen LogP contribution in [-0.2, 0) is 12.6 Å². The van der Waals surface area contributed by atoms with E-state index in [2.05, 4.69) is 25.3 Å². The summed E-state index contributed by atoms with van der Waals surface area (Å²) in [6.07, 6.45) is -1.79. The fourth-order valence-electron chi connectivity index (χ4n) is 3.36. The molecule has 3 aromatic rings. The highest BCUT2D eigenvalue weighted by atomic mass is 35.5. The summed E-state index contributed by atoms with van der Waals surface area (Å²) in [6, 6.07) is 1.94. The van der Waals surface area contributed by atoms with Crippen molar-refractivity contribution in [1.29, 1.82) is 0 Å². The molecule has 0 bridgehead atoms. The summed E-state index contributed by atoms with van der Waals surface area (Å²) in [5, 5.41) is 7.54. The first kappa shape index (κ1) is 20.2. The molecule has 30 heavy (non-hydrogen) atoms. The van der Waals surface area contributed by atoms with Crippen LogP contribution in [0.1, 0.15) is 46.1 Å². The highest BCUT2D eigenvalue weighted by Crippen LogP contribution is 2.37. The number of aryl methyl sites for hydroxylation is 1. The van der Waals surface area contributed by atoms with Gasteiger partial charge in [0.25, 0.3) is 11.9 Å². The minimum Gasteiger partial charge on any atom is -0.328 e. The first-order chi connectivity index (χ1) is 14.2. The van der Waals surface area contributed by atoms with Gasteiger partial charge in [-0.05, 0) is 26.0 Å². The molecule has 12 heteroatoms. The lowest BCUT2D eigenvalue weighted by Crippen LogP contribution is -2.40. The second-order valence-corrected chi connectivity index (χ2v) is 7.15. The normalized spacial score (nSPS) is 16.5. The van der Waals surface area contributed by atoms with Crippen LogP contribution in [0, 0.1) is 6.92 Å². The molecule has 4 rings (SSSR count). The number of rotatable bonds is 2. The van der Waals surface area contributed by atoms with Crippen molar-refractivity contribution in [3.8, 4) is 5.95 Å². The number of amides is 1. The van der Waals surface area contributed by atoms with Gasteiger partial charge in [-0.15, -0.1) is 5.10 Å². The minimum atomic E-state index is -4.69. The Balaban J connectivity index is 1.67. The molecule has 0 aromatic carbocycles. The van der Waals surface area contributed by atoms with Gasteiger partial charge in [0.1, 0.15) is 11.4 Å². The lowest BCUT2D eigenvalue weighted by Gasteiger charge is -2.32. The lowest BCUT2D eigenvalue weighted by molar-refractivity contribution is -0.137. The molecule has 1 atom stereocenters. The van der Waals surface area contributed by atoms with E-state index in [0.717, 1.165) is 23.7 Å². The van der Waals surface area contributed by atoms with Crippen LogP contribution in [0.2, 0.25) is 5.02 Å². The molecule has 0 N–H and O–H groups in total. The second kappa shape index (κ2) is 7.31. The summed E-state index contributed by atoms with van der Waals surface area (Å²) in [5.74, 6) is -0.344. The van der Waals surface area contributed by atoms with E-state index < -0.39 is 34.4 Å². The van der Waals surface area contributed by atoms with Crippen molar-refractivity contribution in [1.82, 2.24) is 34.8 Å². The summed E-state index contributed by atoms with van der Waals surface area (Å²) in [5.41, 5.74) is 0.463. The molecular weight excluding hydrogens is 423 g/mol. The Morgan fingerprint density at radius 3 is 2.67 bits per heavy atom. The minimum absolute atomic E-state index is 0.223. The Morgan fingerprint density at radius 1 is 1.23 bits per heavy atom. The Labute approximate surface area is 173 Å². The molecule has 1 amide bonds. The summed E-state index contributed by atoms with van der Waals surface area (Å²) in [4.78, 5) is 26.7. The van der Waals surface area contributed by atoms with Crippen LogP contribution in [0.25, 0.3) is 5.95 Å². The molecule has 0 radical (unpaired) electrons. The molecule has 0 saturated heterocycles. The number of hydrogen-bond acceptors (Lipinski definition) is 6. The van der Waals surface area contributed by atoms with E-state index >= 15 is 0 Å². The number of carbonyl (C=O) groups excluding carboxylic acids is 1. The molecule has 1 aliphatic rings. The zero-order valence-corrected chi connectivity index (χ0v) is 16.6. The van der Waals surface area contributed by atoms with Gasteiger partial charge in [0.2, 0.25) is 0 Å². The van der Waals surface area contributed by atoms with Gasteiger partial charge in [-0.3, -0.25) is 4.79 Å². The second-order valence-electron chi connectivity index (χ2n) is 6.77. The SMILES string of the molecule is Cc1ccnc(-n2nnc3c2CCN(C(=O)c2nccc(C(F)(F)F)c2Cl)C3C)n1. The van der Waals surface area contributed by atoms with Gasteiger partial charge < -0.3 is 4.90 Å². The van der Waals surface area contributed by atoms with Crippen molar-refractivity contribution in [3.05, 3.63) is 57.9 Å². The number of hydrogen-bond donors (Lipinski definition) is 0. The zero-order chi connectivity index (χ0) is 21.6. The van der Waals surface area contributed by atoms with Crippen LogP contribution in [0.5, 0.6) is 0 Å². The lowest BCUT2D eigenvalue weighted by atomic mass is 10.0. The number of pyridine rings is 1. The molecule has 1 unspecified atom stereocenters. The summed E-state index contributed by atoms with van der Waals surface area (Å²) >= 11 is 5.88. The molecule has 0 saturated carbocycles. The van der Waals surface area contributed by atoms with E-state index in [1.54, 1.807) is 19.2 Å². The monoisotopic (exact) mass is 437 g/mol. The predicted molar refractivity (Wildman–Crippen MR) is 99.1 cm³/mol. The quantitative estimate of drug-likeness (QED) is 0.611. The number of aromatic nitrogens is 6. The van der Waals surface area contributed by atoms with Crippen molar-refractivity contribution in [3.63, 3.8) is 0 Å². The van der Waals surface area contributed by atoms with Crippen LogP contribution in [0.15, 0.2) is 24.5 Å². The molecular formula is C18H15ClF3N7O. The Bertz CT molecular complexity index is 1130.